The molecule has 0 saturated carbocycles. The average molecular weight is 249 g/mol. The van der Waals surface area contributed by atoms with Crippen LogP contribution in [0.15, 0.2) is 36.7 Å². The fourth-order valence-corrected chi connectivity index (χ4v) is 1.75. The first-order chi connectivity index (χ1) is 8.56. The molecule has 0 aliphatic carbocycles. The lowest BCUT2D eigenvalue weighted by atomic mass is 9.99. The normalized spacial score (nSPS) is 12.4. The maximum absolute atomic E-state index is 13.1. The number of anilines is 1. The molecule has 5 heteroatoms. The molecular weight excluding hydrogens is 236 g/mol. The molecule has 0 aliphatic heterocycles. The Hall–Kier alpha value is -2.01. The van der Waals surface area contributed by atoms with E-state index < -0.39 is 17.7 Å². The summed E-state index contributed by atoms with van der Waals surface area (Å²) in [6.07, 6.45) is 3.56. The van der Waals surface area contributed by atoms with Crippen LogP contribution in [0.25, 0.3) is 0 Å². The molecule has 0 spiro atoms. The van der Waals surface area contributed by atoms with Gasteiger partial charge < -0.3 is 11.5 Å². The number of hydrogen-bond donors (Lipinski definition) is 2. The second-order valence-corrected chi connectivity index (χ2v) is 4.09. The maximum Gasteiger partial charge on any atom is 0.126 e. The van der Waals surface area contributed by atoms with Crippen molar-refractivity contribution in [1.29, 1.82) is 0 Å². The minimum atomic E-state index is -0.639. The van der Waals surface area contributed by atoms with Gasteiger partial charge in [-0.05, 0) is 35.7 Å². The summed E-state index contributed by atoms with van der Waals surface area (Å²) in [6, 6.07) is 4.39. The van der Waals surface area contributed by atoms with Crippen LogP contribution in [0.5, 0.6) is 0 Å². The molecule has 2 aromatic rings. The molecule has 0 bridgehead atoms. The molecule has 94 valence electrons. The van der Waals surface area contributed by atoms with Crippen LogP contribution in [0.4, 0.5) is 14.5 Å². The molecule has 1 aromatic carbocycles. The standard InChI is InChI=1S/C13H13F2N3/c14-10-3-8(4-11(15)6-10)13(17)5-9-7-18-2-1-12(9)16/h1-4,6-7,13H,5,17H2,(H2,16,18). The maximum atomic E-state index is 13.1. The van der Waals surface area contributed by atoms with Crippen molar-refractivity contribution in [2.24, 2.45) is 5.73 Å². The van der Waals surface area contributed by atoms with Crippen LogP contribution in [0.3, 0.4) is 0 Å². The van der Waals surface area contributed by atoms with E-state index in [0.29, 0.717) is 17.7 Å². The van der Waals surface area contributed by atoms with Crippen molar-refractivity contribution in [3.8, 4) is 0 Å². The van der Waals surface area contributed by atoms with Crippen molar-refractivity contribution in [3.63, 3.8) is 0 Å². The Balaban J connectivity index is 2.22. The van der Waals surface area contributed by atoms with E-state index in [4.69, 9.17) is 11.5 Å². The highest BCUT2D eigenvalue weighted by molar-refractivity contribution is 5.45. The summed E-state index contributed by atoms with van der Waals surface area (Å²) < 4.78 is 26.1. The minimum Gasteiger partial charge on any atom is -0.398 e. The molecular formula is C13H13F2N3. The first kappa shape index (κ1) is 12.4. The van der Waals surface area contributed by atoms with Crippen molar-refractivity contribution >= 4 is 5.69 Å². The van der Waals surface area contributed by atoms with E-state index in [1.807, 2.05) is 0 Å². The van der Waals surface area contributed by atoms with Gasteiger partial charge in [0, 0.05) is 30.2 Å². The predicted molar refractivity (Wildman–Crippen MR) is 65.6 cm³/mol. The van der Waals surface area contributed by atoms with Gasteiger partial charge in [-0.3, -0.25) is 4.98 Å². The summed E-state index contributed by atoms with van der Waals surface area (Å²) in [5, 5.41) is 0. The third kappa shape index (κ3) is 2.81. The van der Waals surface area contributed by atoms with E-state index in [0.717, 1.165) is 11.6 Å². The van der Waals surface area contributed by atoms with E-state index in [2.05, 4.69) is 4.98 Å². The quantitative estimate of drug-likeness (QED) is 0.876. The monoisotopic (exact) mass is 249 g/mol. The minimum absolute atomic E-state index is 0.378. The number of hydrogen-bond acceptors (Lipinski definition) is 3. The Morgan fingerprint density at radius 2 is 1.83 bits per heavy atom. The van der Waals surface area contributed by atoms with Gasteiger partial charge in [0.1, 0.15) is 11.6 Å². The number of rotatable bonds is 3. The van der Waals surface area contributed by atoms with Gasteiger partial charge in [0.05, 0.1) is 0 Å². The molecule has 18 heavy (non-hydrogen) atoms. The van der Waals surface area contributed by atoms with Crippen LogP contribution in [0, 0.1) is 11.6 Å². The van der Waals surface area contributed by atoms with E-state index in [1.165, 1.54) is 12.1 Å². The number of nitrogen functional groups attached to an aromatic ring is 1. The largest absolute Gasteiger partial charge is 0.398 e. The van der Waals surface area contributed by atoms with Crippen LogP contribution in [-0.2, 0) is 6.42 Å². The van der Waals surface area contributed by atoms with Gasteiger partial charge in [-0.1, -0.05) is 0 Å². The van der Waals surface area contributed by atoms with Gasteiger partial charge in [-0.15, -0.1) is 0 Å². The number of halogens is 2. The van der Waals surface area contributed by atoms with Gasteiger partial charge in [0.15, 0.2) is 0 Å². The lowest BCUT2D eigenvalue weighted by Gasteiger charge is -2.13. The zero-order chi connectivity index (χ0) is 13.1. The summed E-state index contributed by atoms with van der Waals surface area (Å²) in [5.74, 6) is -1.28. The molecule has 1 heterocycles. The second-order valence-electron chi connectivity index (χ2n) is 4.09. The molecule has 0 radical (unpaired) electrons. The predicted octanol–water partition coefficient (Wildman–Crippen LogP) is 2.18. The SMILES string of the molecule is Nc1ccncc1CC(N)c1cc(F)cc(F)c1. The van der Waals surface area contributed by atoms with Gasteiger partial charge >= 0.3 is 0 Å². The zero-order valence-electron chi connectivity index (χ0n) is 9.61. The summed E-state index contributed by atoms with van der Waals surface area (Å²) >= 11 is 0. The molecule has 3 nitrogen and oxygen atoms in total. The highest BCUT2D eigenvalue weighted by atomic mass is 19.1. The Kier molecular flexibility index (Phi) is 3.53. The van der Waals surface area contributed by atoms with Crippen LogP contribution < -0.4 is 11.5 Å². The van der Waals surface area contributed by atoms with E-state index in [1.54, 1.807) is 18.5 Å². The Morgan fingerprint density at radius 1 is 1.17 bits per heavy atom. The molecule has 1 atom stereocenters. The highest BCUT2D eigenvalue weighted by Gasteiger charge is 2.11. The second kappa shape index (κ2) is 5.10. The third-order valence-corrected chi connectivity index (χ3v) is 2.69. The van der Waals surface area contributed by atoms with Crippen molar-refractivity contribution in [1.82, 2.24) is 4.98 Å². The smallest absolute Gasteiger partial charge is 0.126 e. The molecule has 0 saturated heterocycles. The molecule has 1 aromatic heterocycles. The molecule has 0 aliphatic rings. The van der Waals surface area contributed by atoms with Gasteiger partial charge in [0.25, 0.3) is 0 Å². The summed E-state index contributed by atoms with van der Waals surface area (Å²) in [4.78, 5) is 3.94. The lowest BCUT2D eigenvalue weighted by Crippen LogP contribution is -2.15. The lowest BCUT2D eigenvalue weighted by molar-refractivity contribution is 0.572. The van der Waals surface area contributed by atoms with Gasteiger partial charge in [0.2, 0.25) is 0 Å². The van der Waals surface area contributed by atoms with Crippen LogP contribution >= 0.6 is 0 Å². The fourth-order valence-electron chi connectivity index (χ4n) is 1.75. The Labute approximate surface area is 103 Å². The number of benzene rings is 1. The molecule has 1 unspecified atom stereocenters. The van der Waals surface area contributed by atoms with E-state index >= 15 is 0 Å². The average Bonchev–Trinajstić information content (AvgIpc) is 2.31. The van der Waals surface area contributed by atoms with Crippen molar-refractivity contribution < 1.29 is 8.78 Å². The van der Waals surface area contributed by atoms with Crippen LogP contribution in [0.1, 0.15) is 17.2 Å². The Morgan fingerprint density at radius 3 is 2.44 bits per heavy atom. The molecule has 0 fully saturated rings. The van der Waals surface area contributed by atoms with Crippen molar-refractivity contribution in [2.45, 2.75) is 12.5 Å². The van der Waals surface area contributed by atoms with E-state index in [9.17, 15) is 8.78 Å². The van der Waals surface area contributed by atoms with Gasteiger partial charge in [-0.25, -0.2) is 8.78 Å². The fraction of sp³-hybridized carbons (Fsp3) is 0.154. The summed E-state index contributed by atoms with van der Waals surface area (Å²) in [7, 11) is 0. The van der Waals surface area contributed by atoms with Crippen LogP contribution in [0.2, 0.25) is 0 Å². The third-order valence-electron chi connectivity index (χ3n) is 2.69. The number of pyridine rings is 1. The van der Waals surface area contributed by atoms with Crippen molar-refractivity contribution in [2.75, 3.05) is 5.73 Å². The highest BCUT2D eigenvalue weighted by Crippen LogP contribution is 2.20. The number of aromatic nitrogens is 1. The van der Waals surface area contributed by atoms with Gasteiger partial charge in [-0.2, -0.15) is 0 Å². The first-order valence-corrected chi connectivity index (χ1v) is 5.46. The molecule has 4 N–H and O–H groups in total. The summed E-state index contributed by atoms with van der Waals surface area (Å²) in [5.41, 5.74) is 13.4. The zero-order valence-corrected chi connectivity index (χ0v) is 9.61. The van der Waals surface area contributed by atoms with Crippen molar-refractivity contribution in [3.05, 3.63) is 59.4 Å². The number of nitrogens with two attached hydrogens (primary N) is 2. The number of nitrogens with zero attached hydrogens (tertiary/aromatic N) is 1. The van der Waals surface area contributed by atoms with E-state index in [-0.39, 0.29) is 0 Å². The summed E-state index contributed by atoms with van der Waals surface area (Å²) in [6.45, 7) is 0. The first-order valence-electron chi connectivity index (χ1n) is 5.46. The Bertz CT molecular complexity index is 537. The molecule has 0 amide bonds. The molecule has 2 rings (SSSR count). The van der Waals surface area contributed by atoms with Crippen LogP contribution in [-0.4, -0.2) is 4.98 Å². The topological polar surface area (TPSA) is 64.9 Å².